The predicted octanol–water partition coefficient (Wildman–Crippen LogP) is 2.29. The largest absolute Gasteiger partial charge is 0.378 e. The second kappa shape index (κ2) is 7.90. The molecule has 4 rings (SSSR count). The second-order valence-corrected chi connectivity index (χ2v) is 7.40. The molecule has 1 amide bonds. The van der Waals surface area contributed by atoms with Crippen molar-refractivity contribution in [3.63, 3.8) is 0 Å². The van der Waals surface area contributed by atoms with Gasteiger partial charge in [-0.3, -0.25) is 13.9 Å². The van der Waals surface area contributed by atoms with Gasteiger partial charge in [-0.25, -0.2) is 9.48 Å². The number of anilines is 2. The normalized spacial score (nSPS) is 11.0. The van der Waals surface area contributed by atoms with E-state index in [1.54, 1.807) is 28.6 Å². The van der Waals surface area contributed by atoms with Gasteiger partial charge in [0.1, 0.15) is 12.4 Å². The van der Waals surface area contributed by atoms with Crippen molar-refractivity contribution >= 4 is 28.4 Å². The zero-order chi connectivity index (χ0) is 21.3. The number of hydrogen-bond donors (Lipinski definition) is 1. The summed E-state index contributed by atoms with van der Waals surface area (Å²) < 4.78 is 4.75. The van der Waals surface area contributed by atoms with Crippen LogP contribution in [0.3, 0.4) is 0 Å². The Balaban J connectivity index is 1.50. The highest BCUT2D eigenvalue weighted by Gasteiger charge is 2.14. The monoisotopic (exact) mass is 404 g/mol. The molecule has 0 saturated carbocycles. The van der Waals surface area contributed by atoms with E-state index >= 15 is 0 Å². The van der Waals surface area contributed by atoms with Gasteiger partial charge in [-0.15, -0.1) is 0 Å². The van der Waals surface area contributed by atoms with Crippen molar-refractivity contribution in [1.29, 1.82) is 0 Å². The smallest absolute Gasteiger partial charge is 0.329 e. The number of aromatic nitrogens is 4. The molecule has 154 valence electrons. The van der Waals surface area contributed by atoms with E-state index < -0.39 is 0 Å². The van der Waals surface area contributed by atoms with E-state index in [-0.39, 0.29) is 18.1 Å². The Morgan fingerprint density at radius 3 is 2.43 bits per heavy atom. The van der Waals surface area contributed by atoms with Crippen LogP contribution in [-0.2, 0) is 24.9 Å². The number of nitrogens with one attached hydrogen (secondary N) is 1. The fourth-order valence-electron chi connectivity index (χ4n) is 3.48. The molecule has 0 aliphatic heterocycles. The number of amides is 1. The number of carbonyl (C=O) groups is 1. The Hall–Kier alpha value is -3.81. The number of imidazole rings is 1. The average Bonchev–Trinajstić information content (AvgIpc) is 3.26. The van der Waals surface area contributed by atoms with Crippen LogP contribution in [0.2, 0.25) is 0 Å². The number of nitrogens with zero attached hydrogens (tertiary/aromatic N) is 5. The fraction of sp³-hybridized carbons (Fsp3) is 0.227. The van der Waals surface area contributed by atoms with Gasteiger partial charge in [-0.1, -0.05) is 24.3 Å². The zero-order valence-electron chi connectivity index (χ0n) is 17.2. The van der Waals surface area contributed by atoms with E-state index in [1.165, 1.54) is 4.57 Å². The molecule has 8 nitrogen and oxygen atoms in total. The van der Waals surface area contributed by atoms with E-state index in [0.717, 1.165) is 22.3 Å². The maximum atomic E-state index is 12.7. The van der Waals surface area contributed by atoms with Crippen LogP contribution in [-0.4, -0.2) is 38.9 Å². The third-order valence-electron chi connectivity index (χ3n) is 5.12. The number of aryl methyl sites for hydroxylation is 1. The molecule has 0 unspecified atom stereocenters. The van der Waals surface area contributed by atoms with Crippen LogP contribution < -0.4 is 15.9 Å². The third-order valence-corrected chi connectivity index (χ3v) is 5.12. The van der Waals surface area contributed by atoms with Crippen molar-refractivity contribution in [1.82, 2.24) is 18.9 Å². The molecule has 0 saturated heterocycles. The van der Waals surface area contributed by atoms with Crippen molar-refractivity contribution in [2.45, 2.75) is 13.1 Å². The van der Waals surface area contributed by atoms with Gasteiger partial charge in [0.05, 0.1) is 23.8 Å². The van der Waals surface area contributed by atoms with Crippen LogP contribution in [0.25, 0.3) is 11.0 Å². The van der Waals surface area contributed by atoms with Crippen molar-refractivity contribution in [2.24, 2.45) is 7.05 Å². The summed E-state index contributed by atoms with van der Waals surface area (Å²) in [5.41, 5.74) is 3.50. The summed E-state index contributed by atoms with van der Waals surface area (Å²) in [5.74, 6) is 0.308. The van der Waals surface area contributed by atoms with Gasteiger partial charge >= 0.3 is 5.69 Å². The van der Waals surface area contributed by atoms with Crippen molar-refractivity contribution in [3.05, 3.63) is 76.8 Å². The maximum absolute atomic E-state index is 12.7. The fourth-order valence-corrected chi connectivity index (χ4v) is 3.48. The molecule has 30 heavy (non-hydrogen) atoms. The van der Waals surface area contributed by atoms with Crippen LogP contribution in [0.4, 0.5) is 11.5 Å². The second-order valence-electron chi connectivity index (χ2n) is 7.40. The molecule has 0 aliphatic rings. The van der Waals surface area contributed by atoms with Gasteiger partial charge in [0, 0.05) is 32.9 Å². The lowest BCUT2D eigenvalue weighted by molar-refractivity contribution is -0.116. The lowest BCUT2D eigenvalue weighted by Crippen LogP contribution is -2.29. The highest BCUT2D eigenvalue weighted by atomic mass is 16.2. The molecule has 0 aliphatic carbocycles. The number of carbonyl (C=O) groups excluding carboxylic acids is 1. The summed E-state index contributed by atoms with van der Waals surface area (Å²) in [6, 6.07) is 17.3. The summed E-state index contributed by atoms with van der Waals surface area (Å²) in [6.45, 7) is 0.466. The molecule has 0 fully saturated rings. The first-order valence-electron chi connectivity index (χ1n) is 9.66. The summed E-state index contributed by atoms with van der Waals surface area (Å²) in [7, 11) is 5.70. The Kier molecular flexibility index (Phi) is 5.14. The molecule has 0 radical (unpaired) electrons. The minimum absolute atomic E-state index is 0.0666. The van der Waals surface area contributed by atoms with Crippen molar-refractivity contribution in [3.8, 4) is 0 Å². The topological polar surface area (TPSA) is 77.1 Å². The van der Waals surface area contributed by atoms with Crippen LogP contribution in [0.5, 0.6) is 0 Å². The summed E-state index contributed by atoms with van der Waals surface area (Å²) in [6.07, 6.45) is 1.65. The Bertz CT molecular complexity index is 1250. The first kappa shape index (κ1) is 19.5. The molecule has 2 heterocycles. The van der Waals surface area contributed by atoms with Gasteiger partial charge in [0.2, 0.25) is 5.91 Å². The molecule has 4 aromatic rings. The van der Waals surface area contributed by atoms with Gasteiger partial charge in [0.15, 0.2) is 0 Å². The van der Waals surface area contributed by atoms with E-state index in [1.807, 2.05) is 67.5 Å². The Labute approximate surface area is 174 Å². The maximum Gasteiger partial charge on any atom is 0.329 e. The lowest BCUT2D eigenvalue weighted by atomic mass is 10.2. The molecule has 2 aromatic carbocycles. The minimum atomic E-state index is -0.279. The van der Waals surface area contributed by atoms with Gasteiger partial charge < -0.3 is 10.2 Å². The van der Waals surface area contributed by atoms with Gasteiger partial charge in [-0.05, 0) is 29.8 Å². The molecule has 0 spiro atoms. The molecule has 0 bridgehead atoms. The average molecular weight is 404 g/mol. The van der Waals surface area contributed by atoms with Crippen molar-refractivity contribution in [2.75, 3.05) is 24.3 Å². The lowest BCUT2D eigenvalue weighted by Gasteiger charge is -2.13. The molecule has 0 atom stereocenters. The summed E-state index contributed by atoms with van der Waals surface area (Å²) in [4.78, 5) is 27.3. The first-order chi connectivity index (χ1) is 14.4. The van der Waals surface area contributed by atoms with E-state index in [4.69, 9.17) is 0 Å². The third kappa shape index (κ3) is 3.71. The van der Waals surface area contributed by atoms with E-state index in [2.05, 4.69) is 10.4 Å². The predicted molar refractivity (Wildman–Crippen MR) is 118 cm³/mol. The van der Waals surface area contributed by atoms with E-state index in [9.17, 15) is 9.59 Å². The van der Waals surface area contributed by atoms with Crippen LogP contribution in [0.15, 0.2) is 65.6 Å². The molecular weight excluding hydrogens is 380 g/mol. The van der Waals surface area contributed by atoms with Crippen molar-refractivity contribution < 1.29 is 4.79 Å². The number of para-hydroxylation sites is 2. The number of rotatable bonds is 6. The Morgan fingerprint density at radius 1 is 1.03 bits per heavy atom. The summed E-state index contributed by atoms with van der Waals surface area (Å²) >= 11 is 0. The van der Waals surface area contributed by atoms with Gasteiger partial charge in [-0.2, -0.15) is 5.10 Å². The van der Waals surface area contributed by atoms with Crippen LogP contribution in [0.1, 0.15) is 5.56 Å². The highest BCUT2D eigenvalue weighted by molar-refractivity contribution is 5.90. The standard InChI is InChI=1S/C22H24N6O2/c1-25(2)17-10-8-16(9-11-17)14-28-20(12-13-23-28)24-21(29)15-27-19-7-5-4-6-18(19)26(3)22(27)30/h4-13H,14-15H2,1-3H3,(H,24,29). The molecule has 1 N–H and O–H groups in total. The molecular formula is C22H24N6O2. The van der Waals surface area contributed by atoms with Crippen LogP contribution >= 0.6 is 0 Å². The van der Waals surface area contributed by atoms with Gasteiger partial charge in [0.25, 0.3) is 0 Å². The summed E-state index contributed by atoms with van der Waals surface area (Å²) in [5, 5.41) is 7.19. The quantitative estimate of drug-likeness (QED) is 0.535. The first-order valence-corrected chi connectivity index (χ1v) is 9.66. The molecule has 2 aromatic heterocycles. The number of benzene rings is 2. The minimum Gasteiger partial charge on any atom is -0.378 e. The highest BCUT2D eigenvalue weighted by Crippen LogP contribution is 2.16. The van der Waals surface area contributed by atoms with Crippen LogP contribution in [0, 0.1) is 0 Å². The SMILES string of the molecule is CN(C)c1ccc(Cn2nccc2NC(=O)Cn2c(=O)n(C)c3ccccc32)cc1. The Morgan fingerprint density at radius 2 is 1.73 bits per heavy atom. The number of hydrogen-bond acceptors (Lipinski definition) is 4. The van der Waals surface area contributed by atoms with E-state index in [0.29, 0.717) is 12.4 Å². The zero-order valence-corrected chi connectivity index (χ0v) is 17.2. The number of fused-ring (bicyclic) bond motifs is 1. The molecule has 8 heteroatoms.